The molecule has 17 heavy (non-hydrogen) atoms. The van der Waals surface area contributed by atoms with Crippen molar-refractivity contribution in [2.75, 3.05) is 0 Å². The molecule has 0 bridgehead atoms. The number of rotatable bonds is 0. The Balaban J connectivity index is 2.31. The molecule has 0 saturated carbocycles. The van der Waals surface area contributed by atoms with Gasteiger partial charge < -0.3 is 0 Å². The van der Waals surface area contributed by atoms with Crippen molar-refractivity contribution in [3.8, 4) is 0 Å². The number of carbonyl (C=O) groups excluding carboxylic acids is 1. The molecule has 0 fully saturated rings. The molecular weight excluding hydrogens is 208 g/mol. The maximum Gasteiger partial charge on any atom is 0.155 e. The predicted molar refractivity (Wildman–Crippen MR) is 74.1 cm³/mol. The molecule has 0 spiro atoms. The normalized spacial score (nSPS) is 26.2. The van der Waals surface area contributed by atoms with Crippen molar-refractivity contribution in [2.24, 2.45) is 5.92 Å². The molecule has 1 aliphatic rings. The summed E-state index contributed by atoms with van der Waals surface area (Å²) >= 11 is 0. The third-order valence-electron chi connectivity index (χ3n) is 3.67. The van der Waals surface area contributed by atoms with Gasteiger partial charge >= 0.3 is 0 Å². The lowest BCUT2D eigenvalue weighted by molar-refractivity contribution is -0.115. The Hall–Kier alpha value is -0.590. The van der Waals surface area contributed by atoms with Crippen LogP contribution in [0.25, 0.3) is 0 Å². The van der Waals surface area contributed by atoms with Crippen LogP contribution in [-0.4, -0.2) is 5.78 Å². The Morgan fingerprint density at radius 2 is 1.53 bits per heavy atom. The van der Waals surface area contributed by atoms with Gasteiger partial charge in [-0.05, 0) is 24.8 Å². The van der Waals surface area contributed by atoms with Gasteiger partial charge in [0, 0.05) is 6.42 Å². The summed E-state index contributed by atoms with van der Waals surface area (Å²) in [6.07, 6.45) is 17.8. The van der Waals surface area contributed by atoms with E-state index in [1.54, 1.807) is 0 Å². The van der Waals surface area contributed by atoms with Gasteiger partial charge in [-0.15, -0.1) is 0 Å². The molecule has 0 N–H and O–H groups in total. The fraction of sp³-hybridized carbons (Fsp3) is 0.812. The predicted octanol–water partition coefficient (Wildman–Crippen LogP) is 5.05. The van der Waals surface area contributed by atoms with E-state index in [2.05, 4.69) is 13.0 Å². The second-order valence-electron chi connectivity index (χ2n) is 5.58. The smallest absolute Gasteiger partial charge is 0.155 e. The number of ketones is 1. The minimum absolute atomic E-state index is 0.326. The number of hydrogen-bond acceptors (Lipinski definition) is 1. The molecule has 1 rings (SSSR count). The zero-order valence-corrected chi connectivity index (χ0v) is 11.4. The summed E-state index contributed by atoms with van der Waals surface area (Å²) in [6.45, 7) is 2.21. The first kappa shape index (κ1) is 14.5. The number of hydrogen-bond donors (Lipinski definition) is 0. The van der Waals surface area contributed by atoms with Crippen molar-refractivity contribution in [1.29, 1.82) is 0 Å². The van der Waals surface area contributed by atoms with Gasteiger partial charge in [0.05, 0.1) is 0 Å². The Kier molecular flexibility index (Phi) is 8.04. The van der Waals surface area contributed by atoms with Crippen molar-refractivity contribution in [1.82, 2.24) is 0 Å². The van der Waals surface area contributed by atoms with Crippen LogP contribution in [0.5, 0.6) is 0 Å². The average Bonchev–Trinajstić information content (AvgIpc) is 2.30. The van der Waals surface area contributed by atoms with Crippen LogP contribution in [0.2, 0.25) is 0 Å². The maximum atomic E-state index is 11.6. The molecule has 1 atom stereocenters. The minimum Gasteiger partial charge on any atom is -0.295 e. The molecule has 0 aromatic carbocycles. The number of carbonyl (C=O) groups is 1. The minimum atomic E-state index is 0.326. The molecule has 0 aromatic heterocycles. The molecule has 1 aliphatic carbocycles. The van der Waals surface area contributed by atoms with Crippen LogP contribution in [0.1, 0.15) is 77.6 Å². The van der Waals surface area contributed by atoms with E-state index >= 15 is 0 Å². The highest BCUT2D eigenvalue weighted by atomic mass is 16.1. The zero-order chi connectivity index (χ0) is 12.3. The molecule has 0 aliphatic heterocycles. The van der Waals surface area contributed by atoms with Crippen LogP contribution in [0.4, 0.5) is 0 Å². The van der Waals surface area contributed by atoms with Crippen LogP contribution in [0.15, 0.2) is 12.2 Å². The molecule has 0 radical (unpaired) electrons. The molecule has 1 nitrogen and oxygen atoms in total. The van der Waals surface area contributed by atoms with Gasteiger partial charge in [0.2, 0.25) is 0 Å². The van der Waals surface area contributed by atoms with E-state index in [0.717, 1.165) is 12.8 Å². The largest absolute Gasteiger partial charge is 0.295 e. The average molecular weight is 236 g/mol. The van der Waals surface area contributed by atoms with Gasteiger partial charge in [0.1, 0.15) is 0 Å². The molecule has 98 valence electrons. The monoisotopic (exact) mass is 236 g/mol. The molecule has 0 heterocycles. The van der Waals surface area contributed by atoms with Gasteiger partial charge in [-0.3, -0.25) is 4.79 Å². The quantitative estimate of drug-likeness (QED) is 0.575. The molecule has 1 heteroatoms. The highest BCUT2D eigenvalue weighted by Crippen LogP contribution is 2.16. The van der Waals surface area contributed by atoms with E-state index in [0.29, 0.717) is 11.7 Å². The van der Waals surface area contributed by atoms with Crippen molar-refractivity contribution >= 4 is 5.78 Å². The van der Waals surface area contributed by atoms with Gasteiger partial charge in [-0.2, -0.15) is 0 Å². The summed E-state index contributed by atoms with van der Waals surface area (Å²) in [7, 11) is 0. The number of allylic oxidation sites excluding steroid dienone is 2. The third-order valence-corrected chi connectivity index (χ3v) is 3.67. The lowest BCUT2D eigenvalue weighted by atomic mass is 9.97. The van der Waals surface area contributed by atoms with Crippen LogP contribution in [0, 0.1) is 5.92 Å². The van der Waals surface area contributed by atoms with Gasteiger partial charge in [0.25, 0.3) is 0 Å². The molecule has 0 amide bonds. The fourth-order valence-electron chi connectivity index (χ4n) is 2.54. The van der Waals surface area contributed by atoms with Gasteiger partial charge in [-0.1, -0.05) is 64.4 Å². The summed E-state index contributed by atoms with van der Waals surface area (Å²) in [5.74, 6) is 0.893. The first-order valence-electron chi connectivity index (χ1n) is 7.48. The first-order valence-corrected chi connectivity index (χ1v) is 7.48. The highest BCUT2D eigenvalue weighted by Gasteiger charge is 2.06. The van der Waals surface area contributed by atoms with Crippen molar-refractivity contribution < 1.29 is 4.79 Å². The SMILES string of the molecule is CC1CCCCCCCCCCC=CC(=O)C1. The van der Waals surface area contributed by atoms with Crippen LogP contribution < -0.4 is 0 Å². The summed E-state index contributed by atoms with van der Waals surface area (Å²) in [4.78, 5) is 11.6. The Labute approximate surface area is 107 Å². The maximum absolute atomic E-state index is 11.6. The molecule has 1 unspecified atom stereocenters. The topological polar surface area (TPSA) is 17.1 Å². The van der Waals surface area contributed by atoms with Crippen molar-refractivity contribution in [2.45, 2.75) is 77.6 Å². The van der Waals surface area contributed by atoms with E-state index in [1.807, 2.05) is 6.08 Å². The van der Waals surface area contributed by atoms with E-state index in [4.69, 9.17) is 0 Å². The third kappa shape index (κ3) is 8.18. The summed E-state index contributed by atoms with van der Waals surface area (Å²) < 4.78 is 0. The first-order chi connectivity index (χ1) is 8.29. The van der Waals surface area contributed by atoms with Gasteiger partial charge in [-0.25, -0.2) is 0 Å². The van der Waals surface area contributed by atoms with E-state index in [9.17, 15) is 4.79 Å². The van der Waals surface area contributed by atoms with E-state index in [1.165, 1.54) is 57.8 Å². The molecular formula is C16H28O. The second kappa shape index (κ2) is 9.44. The zero-order valence-electron chi connectivity index (χ0n) is 11.4. The van der Waals surface area contributed by atoms with Crippen LogP contribution in [0.3, 0.4) is 0 Å². The second-order valence-corrected chi connectivity index (χ2v) is 5.58. The molecule has 0 saturated heterocycles. The van der Waals surface area contributed by atoms with Crippen LogP contribution in [-0.2, 0) is 4.79 Å². The van der Waals surface area contributed by atoms with Crippen LogP contribution >= 0.6 is 0 Å². The molecule has 0 aromatic rings. The summed E-state index contributed by atoms with van der Waals surface area (Å²) in [5, 5.41) is 0. The standard InChI is InChI=1S/C16H28O/c1-15-12-10-8-6-4-2-3-5-7-9-11-13-16(17)14-15/h11,13,15H,2-10,12,14H2,1H3. The summed E-state index contributed by atoms with van der Waals surface area (Å²) in [6, 6.07) is 0. The van der Waals surface area contributed by atoms with Crippen molar-refractivity contribution in [3.05, 3.63) is 12.2 Å². The highest BCUT2D eigenvalue weighted by molar-refractivity contribution is 5.89. The Bertz CT molecular complexity index is 230. The Morgan fingerprint density at radius 3 is 2.24 bits per heavy atom. The van der Waals surface area contributed by atoms with E-state index < -0.39 is 0 Å². The van der Waals surface area contributed by atoms with Gasteiger partial charge in [0.15, 0.2) is 5.78 Å². The lowest BCUT2D eigenvalue weighted by Crippen LogP contribution is -2.02. The van der Waals surface area contributed by atoms with Crippen molar-refractivity contribution in [3.63, 3.8) is 0 Å². The fourth-order valence-corrected chi connectivity index (χ4v) is 2.54. The van der Waals surface area contributed by atoms with E-state index in [-0.39, 0.29) is 0 Å². The summed E-state index contributed by atoms with van der Waals surface area (Å²) in [5.41, 5.74) is 0. The Morgan fingerprint density at radius 1 is 0.941 bits per heavy atom. The lowest BCUT2D eigenvalue weighted by Gasteiger charge is -2.08.